The van der Waals surface area contributed by atoms with E-state index in [0.717, 1.165) is 0 Å². The van der Waals surface area contributed by atoms with Crippen LogP contribution in [0.2, 0.25) is 0 Å². The molecule has 7 nitrogen and oxygen atoms in total. The Morgan fingerprint density at radius 1 is 0.931 bits per heavy atom. The first-order chi connectivity index (χ1) is 14.0. The molecule has 0 aliphatic heterocycles. The molecule has 0 spiro atoms. The van der Waals surface area contributed by atoms with E-state index in [1.165, 1.54) is 13.1 Å². The summed E-state index contributed by atoms with van der Waals surface area (Å²) in [5.41, 5.74) is 2.15. The number of carbonyl (C=O) groups excluding carboxylic acids is 2. The first-order valence-electron chi connectivity index (χ1n) is 8.87. The molecule has 148 valence electrons. The number of aromatic nitrogens is 1. The largest absolute Gasteiger partial charge is 0.497 e. The smallest absolute Gasteiger partial charge is 0.255 e. The number of carbonyl (C=O) groups is 2. The molecule has 1 heterocycles. The van der Waals surface area contributed by atoms with E-state index in [1.807, 2.05) is 0 Å². The number of ketones is 1. The quantitative estimate of drug-likeness (QED) is 0.584. The predicted octanol–water partition coefficient (Wildman–Crippen LogP) is 4.30. The van der Waals surface area contributed by atoms with Crippen molar-refractivity contribution in [1.29, 1.82) is 0 Å². The number of amides is 1. The Labute approximate surface area is 168 Å². The van der Waals surface area contributed by atoms with Gasteiger partial charge in [-0.25, -0.2) is 4.98 Å². The standard InChI is InChI=1S/C22H21N3O4/c1-14(26)15-5-4-6-17(11-15)24-22(27)16-9-10-23-21(12-16)25-19-13-18(28-2)7-8-20(19)29-3/h4-13H,1-3H3,(H,23,25)(H,24,27). The SMILES string of the molecule is COc1ccc(OC)c(Nc2cc(C(=O)Nc3cccc(C(C)=O)c3)ccn2)c1. The third-order valence-electron chi connectivity index (χ3n) is 4.22. The number of ether oxygens (including phenoxy) is 2. The van der Waals surface area contributed by atoms with E-state index in [9.17, 15) is 9.59 Å². The fourth-order valence-corrected chi connectivity index (χ4v) is 2.71. The van der Waals surface area contributed by atoms with Crippen LogP contribution in [0.1, 0.15) is 27.6 Å². The van der Waals surface area contributed by atoms with Gasteiger partial charge in [-0.15, -0.1) is 0 Å². The summed E-state index contributed by atoms with van der Waals surface area (Å²) in [4.78, 5) is 28.4. The molecule has 0 fully saturated rings. The Morgan fingerprint density at radius 2 is 1.76 bits per heavy atom. The molecular formula is C22H21N3O4. The molecule has 0 aliphatic carbocycles. The van der Waals surface area contributed by atoms with Crippen LogP contribution in [0.3, 0.4) is 0 Å². The summed E-state index contributed by atoms with van der Waals surface area (Å²) in [6, 6.07) is 15.4. The van der Waals surface area contributed by atoms with Crippen LogP contribution in [0, 0.1) is 0 Å². The van der Waals surface area contributed by atoms with Gasteiger partial charge in [-0.3, -0.25) is 9.59 Å². The zero-order valence-corrected chi connectivity index (χ0v) is 16.4. The number of rotatable bonds is 7. The third kappa shape index (κ3) is 4.90. The Morgan fingerprint density at radius 3 is 2.48 bits per heavy atom. The van der Waals surface area contributed by atoms with Crippen LogP contribution < -0.4 is 20.1 Å². The van der Waals surface area contributed by atoms with Crippen molar-refractivity contribution in [2.45, 2.75) is 6.92 Å². The minimum atomic E-state index is -0.311. The molecule has 7 heteroatoms. The molecule has 0 saturated heterocycles. The summed E-state index contributed by atoms with van der Waals surface area (Å²) in [5.74, 6) is 1.37. The van der Waals surface area contributed by atoms with Gasteiger partial charge in [-0.05, 0) is 43.3 Å². The van der Waals surface area contributed by atoms with E-state index >= 15 is 0 Å². The van der Waals surface area contributed by atoms with Crippen LogP contribution in [-0.2, 0) is 0 Å². The highest BCUT2D eigenvalue weighted by Crippen LogP contribution is 2.31. The fraction of sp³-hybridized carbons (Fsp3) is 0.136. The molecule has 3 aromatic rings. The molecule has 2 N–H and O–H groups in total. The number of nitrogens with zero attached hydrogens (tertiary/aromatic N) is 1. The maximum atomic E-state index is 12.6. The number of nitrogens with one attached hydrogen (secondary N) is 2. The number of benzene rings is 2. The minimum absolute atomic E-state index is 0.0660. The number of hydrogen-bond donors (Lipinski definition) is 2. The van der Waals surface area contributed by atoms with Gasteiger partial charge in [0.2, 0.25) is 0 Å². The first-order valence-corrected chi connectivity index (χ1v) is 8.87. The maximum absolute atomic E-state index is 12.6. The second kappa shape index (κ2) is 8.88. The lowest BCUT2D eigenvalue weighted by Crippen LogP contribution is -2.13. The second-order valence-corrected chi connectivity index (χ2v) is 6.21. The number of anilines is 3. The van der Waals surface area contributed by atoms with Crippen molar-refractivity contribution >= 4 is 28.9 Å². The van der Waals surface area contributed by atoms with Gasteiger partial charge >= 0.3 is 0 Å². The summed E-state index contributed by atoms with van der Waals surface area (Å²) >= 11 is 0. The Balaban J connectivity index is 1.80. The molecule has 3 rings (SSSR count). The zero-order valence-electron chi connectivity index (χ0n) is 16.4. The Hall–Kier alpha value is -3.87. The summed E-state index contributed by atoms with van der Waals surface area (Å²) in [5, 5.41) is 5.93. The van der Waals surface area contributed by atoms with Crippen molar-refractivity contribution in [3.8, 4) is 11.5 Å². The molecule has 0 atom stereocenters. The highest BCUT2D eigenvalue weighted by molar-refractivity contribution is 6.05. The van der Waals surface area contributed by atoms with E-state index in [-0.39, 0.29) is 11.7 Å². The van der Waals surface area contributed by atoms with Gasteiger partial charge in [0, 0.05) is 29.1 Å². The minimum Gasteiger partial charge on any atom is -0.497 e. The van der Waals surface area contributed by atoms with Gasteiger partial charge in [0.25, 0.3) is 5.91 Å². The van der Waals surface area contributed by atoms with E-state index in [2.05, 4.69) is 15.6 Å². The van der Waals surface area contributed by atoms with Gasteiger partial charge in [-0.1, -0.05) is 12.1 Å². The van der Waals surface area contributed by atoms with Gasteiger partial charge in [0.05, 0.1) is 19.9 Å². The van der Waals surface area contributed by atoms with Crippen molar-refractivity contribution in [2.75, 3.05) is 24.9 Å². The average molecular weight is 391 g/mol. The van der Waals surface area contributed by atoms with Crippen LogP contribution in [0.25, 0.3) is 0 Å². The van der Waals surface area contributed by atoms with Crippen molar-refractivity contribution in [1.82, 2.24) is 4.98 Å². The first kappa shape index (κ1) is 19.9. The van der Waals surface area contributed by atoms with Crippen LogP contribution in [0.4, 0.5) is 17.2 Å². The maximum Gasteiger partial charge on any atom is 0.255 e. The molecule has 0 bridgehead atoms. The summed E-state index contributed by atoms with van der Waals surface area (Å²) in [6.45, 7) is 1.48. The van der Waals surface area contributed by atoms with Crippen LogP contribution in [0.15, 0.2) is 60.8 Å². The highest BCUT2D eigenvalue weighted by atomic mass is 16.5. The highest BCUT2D eigenvalue weighted by Gasteiger charge is 2.11. The van der Waals surface area contributed by atoms with E-state index < -0.39 is 0 Å². The van der Waals surface area contributed by atoms with Gasteiger partial charge < -0.3 is 20.1 Å². The van der Waals surface area contributed by atoms with Crippen LogP contribution in [-0.4, -0.2) is 30.9 Å². The normalized spacial score (nSPS) is 10.2. The number of hydrogen-bond acceptors (Lipinski definition) is 6. The average Bonchev–Trinajstić information content (AvgIpc) is 2.74. The third-order valence-corrected chi connectivity index (χ3v) is 4.22. The summed E-state index contributed by atoms with van der Waals surface area (Å²) < 4.78 is 10.6. The van der Waals surface area contributed by atoms with Crippen molar-refractivity contribution < 1.29 is 19.1 Å². The Kier molecular flexibility index (Phi) is 6.09. The monoisotopic (exact) mass is 391 g/mol. The van der Waals surface area contributed by atoms with Gasteiger partial charge in [0.15, 0.2) is 5.78 Å². The molecule has 0 saturated carbocycles. The van der Waals surface area contributed by atoms with Crippen LogP contribution >= 0.6 is 0 Å². The van der Waals surface area contributed by atoms with Crippen molar-refractivity contribution in [2.24, 2.45) is 0 Å². The number of Topliss-reactive ketones (excluding diaryl/α,β-unsaturated/α-hetero) is 1. The topological polar surface area (TPSA) is 89.5 Å². The molecule has 1 amide bonds. The molecule has 29 heavy (non-hydrogen) atoms. The second-order valence-electron chi connectivity index (χ2n) is 6.21. The van der Waals surface area contributed by atoms with Crippen molar-refractivity contribution in [3.63, 3.8) is 0 Å². The fourth-order valence-electron chi connectivity index (χ4n) is 2.71. The van der Waals surface area contributed by atoms with E-state index in [4.69, 9.17) is 9.47 Å². The lowest BCUT2D eigenvalue weighted by atomic mass is 10.1. The zero-order chi connectivity index (χ0) is 20.8. The molecule has 0 aliphatic rings. The molecule has 0 unspecified atom stereocenters. The van der Waals surface area contributed by atoms with Gasteiger partial charge in [0.1, 0.15) is 17.3 Å². The Bertz CT molecular complexity index is 1050. The lowest BCUT2D eigenvalue weighted by Gasteiger charge is -2.13. The van der Waals surface area contributed by atoms with Crippen LogP contribution in [0.5, 0.6) is 11.5 Å². The molecule has 1 aromatic heterocycles. The lowest BCUT2D eigenvalue weighted by molar-refractivity contribution is 0.101. The predicted molar refractivity (Wildman–Crippen MR) is 111 cm³/mol. The summed E-state index contributed by atoms with van der Waals surface area (Å²) in [7, 11) is 3.15. The number of pyridine rings is 1. The van der Waals surface area contributed by atoms with E-state index in [0.29, 0.717) is 39.8 Å². The number of methoxy groups -OCH3 is 2. The van der Waals surface area contributed by atoms with E-state index in [1.54, 1.807) is 68.8 Å². The molecule has 0 radical (unpaired) electrons. The van der Waals surface area contributed by atoms with Crippen molar-refractivity contribution in [3.05, 3.63) is 71.9 Å². The molecular weight excluding hydrogens is 370 g/mol. The van der Waals surface area contributed by atoms with Gasteiger partial charge in [-0.2, -0.15) is 0 Å². The molecule has 2 aromatic carbocycles. The summed E-state index contributed by atoms with van der Waals surface area (Å²) in [6.07, 6.45) is 1.54.